The molecular formula is C22H34N4O5. The number of amides is 3. The van der Waals surface area contributed by atoms with Crippen LogP contribution in [0.15, 0.2) is 18.3 Å². The van der Waals surface area contributed by atoms with Crippen molar-refractivity contribution in [1.82, 2.24) is 15.2 Å². The molecule has 1 aliphatic rings. The van der Waals surface area contributed by atoms with Crippen LogP contribution in [0.1, 0.15) is 46.1 Å². The third kappa shape index (κ3) is 7.20. The fraction of sp³-hybridized carbons (Fsp3) is 0.636. The molecule has 31 heavy (non-hydrogen) atoms. The molecule has 1 aliphatic heterocycles. The van der Waals surface area contributed by atoms with Crippen LogP contribution in [-0.2, 0) is 20.7 Å². The van der Waals surface area contributed by atoms with Gasteiger partial charge in [0.2, 0.25) is 11.8 Å². The summed E-state index contributed by atoms with van der Waals surface area (Å²) in [6, 6.07) is 3.43. The molecule has 0 aromatic carbocycles. The van der Waals surface area contributed by atoms with E-state index in [0.717, 1.165) is 5.56 Å². The van der Waals surface area contributed by atoms with Crippen molar-refractivity contribution in [3.8, 4) is 0 Å². The average molecular weight is 435 g/mol. The monoisotopic (exact) mass is 434 g/mol. The zero-order valence-corrected chi connectivity index (χ0v) is 19.1. The van der Waals surface area contributed by atoms with Crippen LogP contribution < -0.4 is 10.2 Å². The summed E-state index contributed by atoms with van der Waals surface area (Å²) in [7, 11) is 1.59. The highest BCUT2D eigenvalue weighted by molar-refractivity contribution is 5.95. The largest absolute Gasteiger partial charge is 0.444 e. The van der Waals surface area contributed by atoms with E-state index in [1.807, 2.05) is 19.1 Å². The maximum Gasteiger partial charge on any atom is 0.410 e. The molecule has 1 aromatic rings. The number of hydrogen-bond donors (Lipinski definition) is 2. The number of nitrogens with one attached hydrogen (secondary N) is 1. The summed E-state index contributed by atoms with van der Waals surface area (Å²) in [6.07, 6.45) is 2.12. The van der Waals surface area contributed by atoms with Crippen LogP contribution in [0.3, 0.4) is 0 Å². The third-order valence-corrected chi connectivity index (χ3v) is 4.95. The summed E-state index contributed by atoms with van der Waals surface area (Å²) in [6.45, 7) is 7.69. The van der Waals surface area contributed by atoms with E-state index in [1.54, 1.807) is 38.9 Å². The molecule has 172 valence electrons. The van der Waals surface area contributed by atoms with Gasteiger partial charge in [0, 0.05) is 39.2 Å². The van der Waals surface area contributed by atoms with E-state index >= 15 is 0 Å². The lowest BCUT2D eigenvalue weighted by molar-refractivity contribution is -0.123. The number of anilines is 1. The zero-order valence-electron chi connectivity index (χ0n) is 19.1. The number of carbonyl (C=O) groups excluding carboxylic acids is 3. The molecule has 0 fully saturated rings. The molecular weight excluding hydrogens is 400 g/mol. The van der Waals surface area contributed by atoms with Crippen molar-refractivity contribution in [3.63, 3.8) is 0 Å². The van der Waals surface area contributed by atoms with Crippen molar-refractivity contribution < 1.29 is 24.2 Å². The SMILES string of the molecule is C[C@H](CNC(=O)CCN(C)C(=O)OC(C)(C)C)CC(=O)N1c2ncccc2CC1CO. The standard InChI is InChI=1S/C22H34N4O5/c1-15(13-24-18(28)8-10-25(5)21(30)31-22(2,3)4)11-19(29)26-17(14-27)12-16-7-6-9-23-20(16)26/h6-7,9,15,17,27H,8,10-14H2,1-5H3,(H,24,28)/t15-,17?/m0/s1. The lowest BCUT2D eigenvalue weighted by Crippen LogP contribution is -2.42. The number of aromatic nitrogens is 1. The number of hydrogen-bond acceptors (Lipinski definition) is 6. The van der Waals surface area contributed by atoms with Crippen LogP contribution in [0, 0.1) is 5.92 Å². The minimum Gasteiger partial charge on any atom is -0.444 e. The van der Waals surface area contributed by atoms with Crippen LogP contribution in [-0.4, -0.2) is 71.3 Å². The van der Waals surface area contributed by atoms with Gasteiger partial charge in [0.1, 0.15) is 11.4 Å². The van der Waals surface area contributed by atoms with Gasteiger partial charge >= 0.3 is 6.09 Å². The van der Waals surface area contributed by atoms with Crippen molar-refractivity contribution in [2.24, 2.45) is 5.92 Å². The van der Waals surface area contributed by atoms with Gasteiger partial charge in [0.05, 0.1) is 12.6 Å². The lowest BCUT2D eigenvalue weighted by Gasteiger charge is -2.25. The fourth-order valence-electron chi connectivity index (χ4n) is 3.34. The first kappa shape index (κ1) is 24.6. The first-order chi connectivity index (χ1) is 14.5. The van der Waals surface area contributed by atoms with Crippen molar-refractivity contribution in [3.05, 3.63) is 23.9 Å². The van der Waals surface area contributed by atoms with Crippen LogP contribution >= 0.6 is 0 Å². The Labute approximate surface area is 183 Å². The summed E-state index contributed by atoms with van der Waals surface area (Å²) in [5.41, 5.74) is 0.362. The predicted octanol–water partition coefficient (Wildman–Crippen LogP) is 1.73. The topological polar surface area (TPSA) is 112 Å². The Morgan fingerprint density at radius 1 is 1.39 bits per heavy atom. The van der Waals surface area contributed by atoms with E-state index in [1.165, 1.54) is 4.90 Å². The zero-order chi connectivity index (χ0) is 23.2. The summed E-state index contributed by atoms with van der Waals surface area (Å²) in [4.78, 5) is 44.1. The number of aliphatic hydroxyl groups is 1. The van der Waals surface area contributed by atoms with Gasteiger partial charge in [-0.1, -0.05) is 13.0 Å². The number of nitrogens with zero attached hydrogens (tertiary/aromatic N) is 3. The van der Waals surface area contributed by atoms with E-state index < -0.39 is 11.7 Å². The second kappa shape index (κ2) is 10.6. The Kier molecular flexibility index (Phi) is 8.38. The summed E-state index contributed by atoms with van der Waals surface area (Å²) >= 11 is 0. The van der Waals surface area contributed by atoms with Gasteiger partial charge < -0.3 is 20.1 Å². The van der Waals surface area contributed by atoms with Crippen molar-refractivity contribution >= 4 is 23.7 Å². The second-order valence-electron chi connectivity index (χ2n) is 9.06. The average Bonchev–Trinajstić information content (AvgIpc) is 3.07. The minimum absolute atomic E-state index is 0.0906. The second-order valence-corrected chi connectivity index (χ2v) is 9.06. The normalized spacial score (nSPS) is 16.5. The molecule has 2 rings (SSSR count). The Balaban J connectivity index is 1.77. The minimum atomic E-state index is -0.587. The Morgan fingerprint density at radius 3 is 2.74 bits per heavy atom. The van der Waals surface area contributed by atoms with E-state index in [0.29, 0.717) is 18.8 Å². The number of rotatable bonds is 8. The van der Waals surface area contributed by atoms with E-state index in [-0.39, 0.29) is 49.8 Å². The fourth-order valence-corrected chi connectivity index (χ4v) is 3.34. The quantitative estimate of drug-likeness (QED) is 0.644. The number of fused-ring (bicyclic) bond motifs is 1. The number of aliphatic hydroxyl groups excluding tert-OH is 1. The molecule has 0 bridgehead atoms. The highest BCUT2D eigenvalue weighted by Gasteiger charge is 2.34. The predicted molar refractivity (Wildman–Crippen MR) is 117 cm³/mol. The molecule has 0 saturated heterocycles. The molecule has 9 nitrogen and oxygen atoms in total. The van der Waals surface area contributed by atoms with E-state index in [4.69, 9.17) is 4.74 Å². The molecule has 3 amide bonds. The molecule has 0 radical (unpaired) electrons. The lowest BCUT2D eigenvalue weighted by atomic mass is 10.1. The van der Waals surface area contributed by atoms with Crippen molar-refractivity contribution in [1.29, 1.82) is 0 Å². The highest BCUT2D eigenvalue weighted by Crippen LogP contribution is 2.30. The van der Waals surface area contributed by atoms with Crippen molar-refractivity contribution in [2.45, 2.75) is 58.6 Å². The van der Waals surface area contributed by atoms with E-state index in [9.17, 15) is 19.5 Å². The molecule has 0 spiro atoms. The van der Waals surface area contributed by atoms with Crippen LogP contribution in [0.25, 0.3) is 0 Å². The van der Waals surface area contributed by atoms with Crippen molar-refractivity contribution in [2.75, 3.05) is 31.6 Å². The number of pyridine rings is 1. The van der Waals surface area contributed by atoms with Gasteiger partial charge in [-0.2, -0.15) is 0 Å². The Morgan fingerprint density at radius 2 is 2.10 bits per heavy atom. The first-order valence-electron chi connectivity index (χ1n) is 10.6. The van der Waals surface area contributed by atoms with Gasteiger partial charge in [-0.25, -0.2) is 9.78 Å². The molecule has 2 heterocycles. The molecule has 9 heteroatoms. The highest BCUT2D eigenvalue weighted by atomic mass is 16.6. The van der Waals surface area contributed by atoms with E-state index in [2.05, 4.69) is 10.3 Å². The van der Waals surface area contributed by atoms with Crippen LogP contribution in [0.5, 0.6) is 0 Å². The van der Waals surface area contributed by atoms with Gasteiger partial charge in [-0.05, 0) is 44.7 Å². The molecule has 1 aromatic heterocycles. The van der Waals surface area contributed by atoms with Crippen LogP contribution in [0.2, 0.25) is 0 Å². The molecule has 2 N–H and O–H groups in total. The molecule has 2 atom stereocenters. The number of carbonyl (C=O) groups is 3. The van der Waals surface area contributed by atoms with Gasteiger partial charge in [0.25, 0.3) is 0 Å². The van der Waals surface area contributed by atoms with Gasteiger partial charge in [0.15, 0.2) is 0 Å². The Hall–Kier alpha value is -2.68. The van der Waals surface area contributed by atoms with Gasteiger partial charge in [-0.3, -0.25) is 14.5 Å². The summed E-state index contributed by atoms with van der Waals surface area (Å²) in [5.74, 6) is 0.194. The maximum atomic E-state index is 12.8. The molecule has 1 unspecified atom stereocenters. The summed E-state index contributed by atoms with van der Waals surface area (Å²) in [5, 5.41) is 12.5. The maximum absolute atomic E-state index is 12.8. The van der Waals surface area contributed by atoms with Crippen LogP contribution in [0.4, 0.5) is 10.6 Å². The number of ether oxygens (including phenoxy) is 1. The summed E-state index contributed by atoms with van der Waals surface area (Å²) < 4.78 is 5.26. The van der Waals surface area contributed by atoms with Gasteiger partial charge in [-0.15, -0.1) is 0 Å². The molecule has 0 aliphatic carbocycles. The smallest absolute Gasteiger partial charge is 0.410 e. The molecule has 0 saturated carbocycles. The third-order valence-electron chi connectivity index (χ3n) is 4.95. The Bertz CT molecular complexity index is 792. The first-order valence-corrected chi connectivity index (χ1v) is 10.6.